The predicted molar refractivity (Wildman–Crippen MR) is 132 cm³/mol. The largest absolute Gasteiger partial charge is 0.490 e. The quantitative estimate of drug-likeness (QED) is 0.536. The summed E-state index contributed by atoms with van der Waals surface area (Å²) < 4.78 is 31.7. The molecule has 1 heterocycles. The number of nitrogens with one attached hydrogen (secondary N) is 1. The first-order chi connectivity index (χ1) is 17.4. The highest BCUT2D eigenvalue weighted by molar-refractivity contribution is 6.30. The molecule has 4 N–H and O–H groups in total. The maximum Gasteiger partial charge on any atom is 0.490 e. The van der Waals surface area contributed by atoms with Crippen molar-refractivity contribution in [1.82, 2.24) is 10.2 Å². The van der Waals surface area contributed by atoms with Crippen molar-refractivity contribution in [3.05, 3.63) is 70.7 Å². The van der Waals surface area contributed by atoms with Crippen molar-refractivity contribution in [2.24, 2.45) is 5.73 Å². The second-order valence-corrected chi connectivity index (χ2v) is 9.74. The predicted octanol–water partition coefficient (Wildman–Crippen LogP) is 3.68. The van der Waals surface area contributed by atoms with Crippen LogP contribution in [0.5, 0.6) is 0 Å². The molecule has 37 heavy (non-hydrogen) atoms. The molecule has 1 atom stereocenters. The Hall–Kier alpha value is -3.11. The van der Waals surface area contributed by atoms with E-state index in [1.54, 1.807) is 4.90 Å². The number of amides is 2. The molecular weight excluding hydrogens is 511 g/mol. The Balaban J connectivity index is 0.000000479. The molecule has 2 amide bonds. The van der Waals surface area contributed by atoms with Gasteiger partial charge in [0.1, 0.15) is 6.04 Å². The molecule has 1 aliphatic carbocycles. The number of carbonyl (C=O) groups excluding carboxylic acids is 2. The number of carboxylic acids is 1. The Morgan fingerprint density at radius 2 is 1.73 bits per heavy atom. The maximum atomic E-state index is 13.2. The lowest BCUT2D eigenvalue weighted by Gasteiger charge is -2.45. The van der Waals surface area contributed by atoms with E-state index in [-0.39, 0.29) is 29.8 Å². The summed E-state index contributed by atoms with van der Waals surface area (Å²) in [4.78, 5) is 36.2. The van der Waals surface area contributed by atoms with E-state index >= 15 is 0 Å². The van der Waals surface area contributed by atoms with Crippen molar-refractivity contribution in [3.63, 3.8) is 0 Å². The van der Waals surface area contributed by atoms with Crippen LogP contribution in [0.15, 0.2) is 54.6 Å². The summed E-state index contributed by atoms with van der Waals surface area (Å²) in [7, 11) is 0. The highest BCUT2D eigenvalue weighted by Crippen LogP contribution is 2.41. The number of alkyl halides is 3. The van der Waals surface area contributed by atoms with Crippen molar-refractivity contribution >= 4 is 29.4 Å². The fourth-order valence-corrected chi connectivity index (χ4v) is 5.12. The summed E-state index contributed by atoms with van der Waals surface area (Å²) in [5, 5.41) is 10.7. The third kappa shape index (κ3) is 7.23. The van der Waals surface area contributed by atoms with E-state index in [4.69, 9.17) is 27.2 Å². The van der Waals surface area contributed by atoms with Crippen LogP contribution in [0.4, 0.5) is 13.2 Å². The van der Waals surface area contributed by atoms with Crippen LogP contribution < -0.4 is 11.1 Å². The Bertz CT molecular complexity index is 1110. The molecule has 1 aliphatic heterocycles. The number of hydrogen-bond acceptors (Lipinski definition) is 4. The van der Waals surface area contributed by atoms with Gasteiger partial charge >= 0.3 is 12.1 Å². The average molecular weight is 540 g/mol. The number of rotatable bonds is 5. The minimum Gasteiger partial charge on any atom is -0.475 e. The number of piperazine rings is 1. The summed E-state index contributed by atoms with van der Waals surface area (Å²) in [6.45, 7) is 0.687. The van der Waals surface area contributed by atoms with E-state index in [1.807, 2.05) is 48.5 Å². The first-order valence-corrected chi connectivity index (χ1v) is 12.2. The maximum absolute atomic E-state index is 13.2. The first kappa shape index (κ1) is 28.5. The summed E-state index contributed by atoms with van der Waals surface area (Å²) >= 11 is 6.21. The number of carbonyl (C=O) groups is 3. The van der Waals surface area contributed by atoms with Gasteiger partial charge in [0.15, 0.2) is 0 Å². The number of nitrogens with two attached hydrogens (primary N) is 1. The molecule has 11 heteroatoms. The van der Waals surface area contributed by atoms with Crippen molar-refractivity contribution in [2.45, 2.75) is 55.8 Å². The Labute approximate surface area is 217 Å². The van der Waals surface area contributed by atoms with Crippen LogP contribution in [0, 0.1) is 0 Å². The van der Waals surface area contributed by atoms with Crippen LogP contribution in [0.25, 0.3) is 0 Å². The third-order valence-corrected chi connectivity index (χ3v) is 7.17. The van der Waals surface area contributed by atoms with Crippen LogP contribution in [0.2, 0.25) is 5.02 Å². The van der Waals surface area contributed by atoms with E-state index in [1.165, 1.54) is 5.56 Å². The molecule has 0 unspecified atom stereocenters. The molecule has 0 spiro atoms. The molecule has 2 fully saturated rings. The lowest BCUT2D eigenvalue weighted by molar-refractivity contribution is -0.192. The lowest BCUT2D eigenvalue weighted by atomic mass is 9.68. The smallest absolute Gasteiger partial charge is 0.475 e. The van der Waals surface area contributed by atoms with Gasteiger partial charge in [0.05, 0.1) is 6.54 Å². The van der Waals surface area contributed by atoms with Gasteiger partial charge in [-0.15, -0.1) is 0 Å². The molecule has 2 aromatic carbocycles. The van der Waals surface area contributed by atoms with Gasteiger partial charge in [0.2, 0.25) is 11.8 Å². The van der Waals surface area contributed by atoms with Gasteiger partial charge in [-0.05, 0) is 48.9 Å². The highest BCUT2D eigenvalue weighted by Gasteiger charge is 2.42. The molecule has 4 rings (SSSR count). The Kier molecular flexibility index (Phi) is 9.20. The molecule has 200 valence electrons. The van der Waals surface area contributed by atoms with Crippen molar-refractivity contribution < 1.29 is 32.7 Å². The van der Waals surface area contributed by atoms with Crippen molar-refractivity contribution in [1.29, 1.82) is 0 Å². The summed E-state index contributed by atoms with van der Waals surface area (Å²) in [5.41, 5.74) is 8.31. The van der Waals surface area contributed by atoms with Crippen LogP contribution in [-0.2, 0) is 26.2 Å². The Morgan fingerprint density at radius 3 is 2.27 bits per heavy atom. The number of benzene rings is 2. The van der Waals surface area contributed by atoms with Gasteiger partial charge in [-0.3, -0.25) is 9.59 Å². The van der Waals surface area contributed by atoms with Gasteiger partial charge in [0.25, 0.3) is 0 Å². The number of carboxylic acid groups (broad SMARTS) is 1. The number of halogens is 4. The molecule has 1 saturated heterocycles. The summed E-state index contributed by atoms with van der Waals surface area (Å²) in [5.74, 6) is -2.82. The fraction of sp³-hybridized carbons (Fsp3) is 0.423. The van der Waals surface area contributed by atoms with Crippen LogP contribution in [0.3, 0.4) is 0 Å². The second kappa shape index (κ2) is 12.0. The Morgan fingerprint density at radius 1 is 1.11 bits per heavy atom. The zero-order valence-electron chi connectivity index (χ0n) is 20.0. The topological polar surface area (TPSA) is 113 Å². The van der Waals surface area contributed by atoms with Gasteiger partial charge in [-0.1, -0.05) is 54.1 Å². The fourth-order valence-electron chi connectivity index (χ4n) is 4.93. The first-order valence-electron chi connectivity index (χ1n) is 11.9. The highest BCUT2D eigenvalue weighted by atomic mass is 35.5. The van der Waals surface area contributed by atoms with Gasteiger partial charge in [-0.2, -0.15) is 13.2 Å². The molecule has 1 saturated carbocycles. The molecule has 2 aromatic rings. The molecule has 0 aromatic heterocycles. The van der Waals surface area contributed by atoms with Crippen LogP contribution in [-0.4, -0.2) is 59.1 Å². The molecule has 7 nitrogen and oxygen atoms in total. The summed E-state index contributed by atoms with van der Waals surface area (Å²) in [6, 6.07) is 17.3. The van der Waals surface area contributed by atoms with E-state index < -0.39 is 18.2 Å². The molecular formula is C26H29ClF3N3O4. The number of nitrogens with zero attached hydrogens (tertiary/aromatic N) is 1. The van der Waals surface area contributed by atoms with Crippen molar-refractivity contribution in [3.8, 4) is 0 Å². The van der Waals surface area contributed by atoms with Gasteiger partial charge in [0, 0.05) is 29.4 Å². The zero-order valence-corrected chi connectivity index (χ0v) is 20.8. The van der Waals surface area contributed by atoms with E-state index in [2.05, 4.69) is 11.4 Å². The molecule has 0 radical (unpaired) electrons. The normalized spacial score (nSPS) is 24.1. The average Bonchev–Trinajstić information content (AvgIpc) is 2.86. The number of aliphatic carboxylic acids is 1. The van der Waals surface area contributed by atoms with Crippen LogP contribution in [0.1, 0.15) is 36.8 Å². The zero-order chi connectivity index (χ0) is 27.2. The van der Waals surface area contributed by atoms with Crippen LogP contribution >= 0.6 is 11.6 Å². The van der Waals surface area contributed by atoms with Crippen molar-refractivity contribution in [2.75, 3.05) is 13.1 Å². The van der Waals surface area contributed by atoms with E-state index in [9.17, 15) is 22.8 Å². The molecule has 2 aliphatic rings. The molecule has 0 bridgehead atoms. The van der Waals surface area contributed by atoms with Gasteiger partial charge < -0.3 is 21.1 Å². The lowest BCUT2D eigenvalue weighted by Crippen LogP contribution is -2.62. The minimum absolute atomic E-state index is 0.0199. The second-order valence-electron chi connectivity index (χ2n) is 9.30. The minimum atomic E-state index is -5.08. The van der Waals surface area contributed by atoms with E-state index in [0.29, 0.717) is 18.0 Å². The number of hydrogen-bond donors (Lipinski definition) is 3. The third-order valence-electron chi connectivity index (χ3n) is 6.94. The monoisotopic (exact) mass is 539 g/mol. The SMILES string of the molecule is NCC1(c2cccc(Cl)c2)CCC(N2CC(=O)N[C@@H](Cc3ccccc3)C2=O)CC1.O=C(O)C(F)(F)F. The standard InChI is InChI=1S/C24H28ClN3O2.C2HF3O2/c25-19-8-4-7-18(14-19)24(16-26)11-9-20(10-12-24)28-15-22(29)27-21(23(28)30)13-17-5-2-1-3-6-17;3-2(4,5)1(6)7/h1-8,14,20-21H,9-13,15-16,26H2,(H,27,29);(H,6,7)/t20?,21-,24?;/m0./s1. The van der Waals surface area contributed by atoms with Gasteiger partial charge in [-0.25, -0.2) is 4.79 Å². The van der Waals surface area contributed by atoms with E-state index in [0.717, 1.165) is 31.2 Å². The summed E-state index contributed by atoms with van der Waals surface area (Å²) in [6.07, 6.45) is -1.14.